The van der Waals surface area contributed by atoms with E-state index in [9.17, 15) is 9.59 Å². The van der Waals surface area contributed by atoms with Gasteiger partial charge in [-0.05, 0) is 50.8 Å². The van der Waals surface area contributed by atoms with Gasteiger partial charge in [-0.3, -0.25) is 9.59 Å². The van der Waals surface area contributed by atoms with Crippen LogP contribution in [0.15, 0.2) is 18.2 Å². The highest BCUT2D eigenvalue weighted by Crippen LogP contribution is 2.29. The normalized spacial score (nSPS) is 19.7. The lowest BCUT2D eigenvalue weighted by Gasteiger charge is -2.20. The molecule has 0 aliphatic carbocycles. The smallest absolute Gasteiger partial charge is 0.239 e. The van der Waals surface area contributed by atoms with Crippen LogP contribution in [0.1, 0.15) is 37.8 Å². The quantitative estimate of drug-likeness (QED) is 0.866. The maximum Gasteiger partial charge on any atom is 0.239 e. The summed E-state index contributed by atoms with van der Waals surface area (Å²) in [5, 5.41) is 2.91. The summed E-state index contributed by atoms with van der Waals surface area (Å²) in [7, 11) is 0. The van der Waals surface area contributed by atoms with Gasteiger partial charge >= 0.3 is 0 Å². The molecule has 0 saturated carbocycles. The summed E-state index contributed by atoms with van der Waals surface area (Å²) in [6, 6.07) is 6.18. The molecule has 0 bridgehead atoms. The van der Waals surface area contributed by atoms with Crippen molar-refractivity contribution in [3.05, 3.63) is 29.3 Å². The van der Waals surface area contributed by atoms with Gasteiger partial charge in [0.05, 0.1) is 0 Å². The first kappa shape index (κ1) is 15.5. The zero-order chi connectivity index (χ0) is 15.6. The Balaban J connectivity index is 2.14. The second kappa shape index (κ2) is 6.29. The Labute approximate surface area is 126 Å². The SMILES string of the molecule is CC[C@H](C)NC(=O)[C@@H]1CCN(c2cc(C)ccc2C)C1=O. The van der Waals surface area contributed by atoms with Gasteiger partial charge in [0.2, 0.25) is 11.8 Å². The molecule has 21 heavy (non-hydrogen) atoms. The second-order valence-corrected chi connectivity index (χ2v) is 5.94. The van der Waals surface area contributed by atoms with Crippen molar-refractivity contribution in [2.24, 2.45) is 5.92 Å². The van der Waals surface area contributed by atoms with E-state index in [-0.39, 0.29) is 17.9 Å². The molecule has 1 aromatic carbocycles. The van der Waals surface area contributed by atoms with Crippen LogP contribution in [0.4, 0.5) is 5.69 Å². The first-order chi connectivity index (χ1) is 9.93. The molecule has 1 aromatic rings. The Kier molecular flexibility index (Phi) is 4.66. The van der Waals surface area contributed by atoms with Gasteiger partial charge in [-0.1, -0.05) is 19.1 Å². The zero-order valence-electron chi connectivity index (χ0n) is 13.3. The van der Waals surface area contributed by atoms with Crippen LogP contribution in [0.25, 0.3) is 0 Å². The lowest BCUT2D eigenvalue weighted by Crippen LogP contribution is -2.40. The number of rotatable bonds is 4. The van der Waals surface area contributed by atoms with Crippen LogP contribution in [0, 0.1) is 19.8 Å². The first-order valence-electron chi connectivity index (χ1n) is 7.63. The third-order valence-electron chi connectivity index (χ3n) is 4.18. The number of amides is 2. The molecule has 4 heteroatoms. The summed E-state index contributed by atoms with van der Waals surface area (Å²) >= 11 is 0. The van der Waals surface area contributed by atoms with E-state index < -0.39 is 5.92 Å². The van der Waals surface area contributed by atoms with Crippen LogP contribution < -0.4 is 10.2 Å². The highest BCUT2D eigenvalue weighted by Gasteiger charge is 2.38. The van der Waals surface area contributed by atoms with Crippen molar-refractivity contribution in [2.75, 3.05) is 11.4 Å². The Morgan fingerprint density at radius 2 is 2.14 bits per heavy atom. The molecule has 1 saturated heterocycles. The molecule has 2 amide bonds. The lowest BCUT2D eigenvalue weighted by molar-refractivity contribution is -0.132. The monoisotopic (exact) mass is 288 g/mol. The van der Waals surface area contributed by atoms with E-state index in [1.807, 2.05) is 45.9 Å². The van der Waals surface area contributed by atoms with Crippen molar-refractivity contribution >= 4 is 17.5 Å². The maximum atomic E-state index is 12.5. The number of carbonyl (C=O) groups is 2. The molecule has 1 N–H and O–H groups in total. The Morgan fingerprint density at radius 3 is 2.81 bits per heavy atom. The van der Waals surface area contributed by atoms with E-state index in [4.69, 9.17) is 0 Å². The number of benzene rings is 1. The van der Waals surface area contributed by atoms with E-state index in [1.54, 1.807) is 4.90 Å². The minimum Gasteiger partial charge on any atom is -0.353 e. The minimum atomic E-state index is -0.543. The van der Waals surface area contributed by atoms with Crippen LogP contribution >= 0.6 is 0 Å². The third-order valence-corrected chi connectivity index (χ3v) is 4.18. The molecule has 0 radical (unpaired) electrons. The molecule has 1 aliphatic heterocycles. The number of aryl methyl sites for hydroxylation is 2. The van der Waals surface area contributed by atoms with Crippen LogP contribution in [-0.2, 0) is 9.59 Å². The Hall–Kier alpha value is -1.84. The molecular weight excluding hydrogens is 264 g/mol. The van der Waals surface area contributed by atoms with Crippen molar-refractivity contribution in [1.82, 2.24) is 5.32 Å². The summed E-state index contributed by atoms with van der Waals surface area (Å²) in [6.07, 6.45) is 1.46. The van der Waals surface area contributed by atoms with Crippen molar-refractivity contribution in [3.63, 3.8) is 0 Å². The first-order valence-corrected chi connectivity index (χ1v) is 7.63. The van der Waals surface area contributed by atoms with Crippen molar-refractivity contribution in [3.8, 4) is 0 Å². The summed E-state index contributed by atoms with van der Waals surface area (Å²) < 4.78 is 0. The van der Waals surface area contributed by atoms with Gasteiger partial charge < -0.3 is 10.2 Å². The van der Waals surface area contributed by atoms with Gasteiger partial charge in [-0.15, -0.1) is 0 Å². The predicted octanol–water partition coefficient (Wildman–Crippen LogP) is 2.57. The van der Waals surface area contributed by atoms with Crippen LogP contribution in [0.2, 0.25) is 0 Å². The molecule has 0 aromatic heterocycles. The molecule has 4 nitrogen and oxygen atoms in total. The van der Waals surface area contributed by atoms with Gasteiger partial charge in [-0.25, -0.2) is 0 Å². The molecule has 0 unspecified atom stereocenters. The summed E-state index contributed by atoms with van der Waals surface area (Å²) in [6.45, 7) is 8.59. The number of anilines is 1. The Bertz CT molecular complexity index is 554. The molecular formula is C17H24N2O2. The highest BCUT2D eigenvalue weighted by molar-refractivity contribution is 6.10. The summed E-state index contributed by atoms with van der Waals surface area (Å²) in [5.41, 5.74) is 3.12. The topological polar surface area (TPSA) is 49.4 Å². The second-order valence-electron chi connectivity index (χ2n) is 5.94. The molecule has 0 spiro atoms. The third kappa shape index (κ3) is 3.26. The molecule has 1 fully saturated rings. The van der Waals surface area contributed by atoms with Gasteiger partial charge in [0.1, 0.15) is 5.92 Å². The van der Waals surface area contributed by atoms with E-state index in [1.165, 1.54) is 0 Å². The van der Waals surface area contributed by atoms with E-state index in [0.29, 0.717) is 13.0 Å². The van der Waals surface area contributed by atoms with Crippen LogP contribution in [0.3, 0.4) is 0 Å². The van der Waals surface area contributed by atoms with Gasteiger partial charge in [-0.2, -0.15) is 0 Å². The predicted molar refractivity (Wildman–Crippen MR) is 84.3 cm³/mol. The fourth-order valence-corrected chi connectivity index (χ4v) is 2.62. The van der Waals surface area contributed by atoms with Crippen LogP contribution in [-0.4, -0.2) is 24.4 Å². The maximum absolute atomic E-state index is 12.5. The number of nitrogens with one attached hydrogen (secondary N) is 1. The molecule has 1 heterocycles. The molecule has 114 valence electrons. The fourth-order valence-electron chi connectivity index (χ4n) is 2.62. The number of hydrogen-bond donors (Lipinski definition) is 1. The largest absolute Gasteiger partial charge is 0.353 e. The number of hydrogen-bond acceptors (Lipinski definition) is 2. The summed E-state index contributed by atoms with van der Waals surface area (Å²) in [4.78, 5) is 26.5. The number of nitrogens with zero attached hydrogens (tertiary/aromatic N) is 1. The van der Waals surface area contributed by atoms with Crippen molar-refractivity contribution in [1.29, 1.82) is 0 Å². The van der Waals surface area contributed by atoms with Gasteiger partial charge in [0.25, 0.3) is 0 Å². The fraction of sp³-hybridized carbons (Fsp3) is 0.529. The molecule has 1 aliphatic rings. The van der Waals surface area contributed by atoms with Gasteiger partial charge in [0, 0.05) is 18.3 Å². The highest BCUT2D eigenvalue weighted by atomic mass is 16.2. The van der Waals surface area contributed by atoms with E-state index >= 15 is 0 Å². The molecule has 2 atom stereocenters. The average molecular weight is 288 g/mol. The van der Waals surface area contributed by atoms with Gasteiger partial charge in [0.15, 0.2) is 0 Å². The van der Waals surface area contributed by atoms with Crippen molar-refractivity contribution in [2.45, 2.75) is 46.6 Å². The van der Waals surface area contributed by atoms with Crippen molar-refractivity contribution < 1.29 is 9.59 Å². The Morgan fingerprint density at radius 1 is 1.43 bits per heavy atom. The standard InChI is InChI=1S/C17H24N2O2/c1-5-13(4)18-16(20)14-8-9-19(17(14)21)15-10-11(2)6-7-12(15)3/h6-7,10,13-14H,5,8-9H2,1-4H3,(H,18,20)/t13-,14-/m0/s1. The summed E-state index contributed by atoms with van der Waals surface area (Å²) in [5.74, 6) is -0.759. The van der Waals surface area contributed by atoms with E-state index in [0.717, 1.165) is 23.2 Å². The lowest BCUT2D eigenvalue weighted by atomic mass is 10.1. The zero-order valence-corrected chi connectivity index (χ0v) is 13.3. The minimum absolute atomic E-state index is 0.0792. The average Bonchev–Trinajstić information content (AvgIpc) is 2.83. The number of carbonyl (C=O) groups excluding carboxylic acids is 2. The molecule has 2 rings (SSSR count). The van der Waals surface area contributed by atoms with E-state index in [2.05, 4.69) is 5.32 Å². The van der Waals surface area contributed by atoms with Crippen LogP contribution in [0.5, 0.6) is 0 Å².